The lowest BCUT2D eigenvalue weighted by Gasteiger charge is -2.22. The normalized spacial score (nSPS) is 17.7. The van der Waals surface area contributed by atoms with E-state index in [2.05, 4.69) is 6.07 Å². The summed E-state index contributed by atoms with van der Waals surface area (Å²) in [6.07, 6.45) is 4.74. The van der Waals surface area contributed by atoms with E-state index in [-0.39, 0.29) is 11.3 Å². The minimum atomic E-state index is -0.261. The standard InChI is InChI=1S/C17H19NO/c18-17(9-3-4-10-17)12-16(19)15-8-7-13-5-1-2-6-14(13)11-15/h1-2,5-8,11H,3-4,9-10,12,18H2. The molecular weight excluding hydrogens is 234 g/mol. The predicted molar refractivity (Wildman–Crippen MR) is 78.3 cm³/mol. The highest BCUT2D eigenvalue weighted by Crippen LogP contribution is 2.31. The largest absolute Gasteiger partial charge is 0.325 e. The Morgan fingerprint density at radius 2 is 1.74 bits per heavy atom. The van der Waals surface area contributed by atoms with Gasteiger partial charge in [-0.1, -0.05) is 49.2 Å². The molecule has 0 aliphatic heterocycles. The molecule has 1 aliphatic carbocycles. The highest BCUT2D eigenvalue weighted by molar-refractivity contribution is 6.00. The Kier molecular flexibility index (Phi) is 3.11. The number of benzene rings is 2. The summed E-state index contributed by atoms with van der Waals surface area (Å²) in [5, 5.41) is 2.29. The molecule has 0 saturated heterocycles. The van der Waals surface area contributed by atoms with Gasteiger partial charge < -0.3 is 5.73 Å². The van der Waals surface area contributed by atoms with Gasteiger partial charge in [-0.25, -0.2) is 0 Å². The number of nitrogens with two attached hydrogens (primary N) is 1. The summed E-state index contributed by atoms with van der Waals surface area (Å²) in [7, 11) is 0. The van der Waals surface area contributed by atoms with Gasteiger partial charge in [0.2, 0.25) is 0 Å². The van der Waals surface area contributed by atoms with Crippen LogP contribution < -0.4 is 5.73 Å². The first kappa shape index (κ1) is 12.4. The van der Waals surface area contributed by atoms with Crippen LogP contribution in [0.3, 0.4) is 0 Å². The third kappa shape index (κ3) is 2.54. The molecule has 1 fully saturated rings. The maximum Gasteiger partial charge on any atom is 0.164 e. The molecule has 98 valence electrons. The minimum Gasteiger partial charge on any atom is -0.325 e. The quantitative estimate of drug-likeness (QED) is 0.848. The summed E-state index contributed by atoms with van der Waals surface area (Å²) in [5.41, 5.74) is 6.82. The van der Waals surface area contributed by atoms with Crippen molar-refractivity contribution in [3.8, 4) is 0 Å². The Balaban J connectivity index is 1.85. The monoisotopic (exact) mass is 253 g/mol. The van der Waals surface area contributed by atoms with E-state index in [4.69, 9.17) is 5.73 Å². The van der Waals surface area contributed by atoms with Crippen molar-refractivity contribution in [1.82, 2.24) is 0 Å². The summed E-state index contributed by atoms with van der Waals surface area (Å²) in [4.78, 5) is 12.4. The van der Waals surface area contributed by atoms with Gasteiger partial charge >= 0.3 is 0 Å². The summed E-state index contributed by atoms with van der Waals surface area (Å²) in [6, 6.07) is 14.0. The molecule has 0 atom stereocenters. The van der Waals surface area contributed by atoms with Gasteiger partial charge in [0.1, 0.15) is 0 Å². The van der Waals surface area contributed by atoms with Crippen molar-refractivity contribution in [2.75, 3.05) is 0 Å². The van der Waals surface area contributed by atoms with Crippen LogP contribution in [0.25, 0.3) is 10.8 Å². The van der Waals surface area contributed by atoms with Crippen molar-refractivity contribution >= 4 is 16.6 Å². The number of hydrogen-bond donors (Lipinski definition) is 1. The lowest BCUT2D eigenvalue weighted by molar-refractivity contribution is 0.0952. The highest BCUT2D eigenvalue weighted by Gasteiger charge is 2.31. The van der Waals surface area contributed by atoms with Crippen LogP contribution in [-0.4, -0.2) is 11.3 Å². The Hall–Kier alpha value is -1.67. The number of ketones is 1. The fraction of sp³-hybridized carbons (Fsp3) is 0.353. The predicted octanol–water partition coefficient (Wildman–Crippen LogP) is 3.68. The van der Waals surface area contributed by atoms with Gasteiger partial charge in [0, 0.05) is 17.5 Å². The summed E-state index contributed by atoms with van der Waals surface area (Å²) < 4.78 is 0. The molecule has 3 rings (SSSR count). The van der Waals surface area contributed by atoms with E-state index in [9.17, 15) is 4.79 Å². The molecule has 1 aliphatic rings. The van der Waals surface area contributed by atoms with Crippen LogP contribution >= 0.6 is 0 Å². The fourth-order valence-electron chi connectivity index (χ4n) is 3.04. The average molecular weight is 253 g/mol. The molecule has 0 amide bonds. The van der Waals surface area contributed by atoms with Crippen molar-refractivity contribution in [3.63, 3.8) is 0 Å². The fourth-order valence-corrected chi connectivity index (χ4v) is 3.04. The van der Waals surface area contributed by atoms with Gasteiger partial charge in [-0.05, 0) is 29.7 Å². The maximum absolute atomic E-state index is 12.4. The molecule has 2 N–H and O–H groups in total. The Morgan fingerprint density at radius 3 is 2.47 bits per heavy atom. The molecular formula is C17H19NO. The van der Waals surface area contributed by atoms with Crippen LogP contribution in [0.15, 0.2) is 42.5 Å². The lowest BCUT2D eigenvalue weighted by Crippen LogP contribution is -2.38. The molecule has 0 aromatic heterocycles. The first-order valence-corrected chi connectivity index (χ1v) is 6.97. The highest BCUT2D eigenvalue weighted by atomic mass is 16.1. The van der Waals surface area contributed by atoms with Gasteiger partial charge in [0.05, 0.1) is 0 Å². The average Bonchev–Trinajstić information content (AvgIpc) is 2.84. The van der Waals surface area contributed by atoms with E-state index in [0.717, 1.165) is 36.6 Å². The molecule has 0 radical (unpaired) electrons. The smallest absolute Gasteiger partial charge is 0.164 e. The topological polar surface area (TPSA) is 43.1 Å². The number of hydrogen-bond acceptors (Lipinski definition) is 2. The Morgan fingerprint density at radius 1 is 1.05 bits per heavy atom. The van der Waals surface area contributed by atoms with E-state index in [1.165, 1.54) is 5.39 Å². The Labute approximate surface area is 113 Å². The number of fused-ring (bicyclic) bond motifs is 1. The van der Waals surface area contributed by atoms with Crippen LogP contribution in [0, 0.1) is 0 Å². The molecule has 2 aromatic rings. The van der Waals surface area contributed by atoms with Gasteiger partial charge in [-0.15, -0.1) is 0 Å². The summed E-state index contributed by atoms with van der Waals surface area (Å²) in [6.45, 7) is 0. The number of rotatable bonds is 3. The SMILES string of the molecule is NC1(CC(=O)c2ccc3ccccc3c2)CCCC1. The first-order chi connectivity index (χ1) is 9.16. The van der Waals surface area contributed by atoms with Crippen LogP contribution in [-0.2, 0) is 0 Å². The third-order valence-corrected chi connectivity index (χ3v) is 4.18. The minimum absolute atomic E-state index is 0.176. The number of carbonyl (C=O) groups is 1. The van der Waals surface area contributed by atoms with Crippen molar-refractivity contribution in [3.05, 3.63) is 48.0 Å². The van der Waals surface area contributed by atoms with Gasteiger partial charge in [0.25, 0.3) is 0 Å². The van der Waals surface area contributed by atoms with E-state index in [1.807, 2.05) is 36.4 Å². The van der Waals surface area contributed by atoms with Crippen molar-refractivity contribution in [2.24, 2.45) is 5.73 Å². The second-order valence-electron chi connectivity index (χ2n) is 5.73. The van der Waals surface area contributed by atoms with Gasteiger partial charge in [-0.3, -0.25) is 4.79 Å². The second kappa shape index (κ2) is 4.78. The second-order valence-corrected chi connectivity index (χ2v) is 5.73. The third-order valence-electron chi connectivity index (χ3n) is 4.18. The molecule has 0 unspecified atom stereocenters. The lowest BCUT2D eigenvalue weighted by atomic mass is 9.89. The van der Waals surface area contributed by atoms with Crippen molar-refractivity contribution < 1.29 is 4.79 Å². The molecule has 0 bridgehead atoms. The number of carbonyl (C=O) groups excluding carboxylic acids is 1. The van der Waals surface area contributed by atoms with Crippen LogP contribution in [0.5, 0.6) is 0 Å². The summed E-state index contributed by atoms with van der Waals surface area (Å²) in [5.74, 6) is 0.176. The molecule has 0 heterocycles. The number of Topliss-reactive ketones (excluding diaryl/α,β-unsaturated/α-hetero) is 1. The van der Waals surface area contributed by atoms with Crippen molar-refractivity contribution in [2.45, 2.75) is 37.6 Å². The zero-order valence-corrected chi connectivity index (χ0v) is 11.1. The molecule has 2 aromatic carbocycles. The van der Waals surface area contributed by atoms with Gasteiger partial charge in [0.15, 0.2) is 5.78 Å². The molecule has 2 heteroatoms. The van der Waals surface area contributed by atoms with Crippen LogP contribution in [0.4, 0.5) is 0 Å². The first-order valence-electron chi connectivity index (χ1n) is 6.97. The van der Waals surface area contributed by atoms with Gasteiger partial charge in [-0.2, -0.15) is 0 Å². The van der Waals surface area contributed by atoms with E-state index >= 15 is 0 Å². The van der Waals surface area contributed by atoms with E-state index in [0.29, 0.717) is 6.42 Å². The van der Waals surface area contributed by atoms with Crippen LogP contribution in [0.1, 0.15) is 42.5 Å². The van der Waals surface area contributed by atoms with Crippen molar-refractivity contribution in [1.29, 1.82) is 0 Å². The van der Waals surface area contributed by atoms with Crippen LogP contribution in [0.2, 0.25) is 0 Å². The molecule has 0 spiro atoms. The maximum atomic E-state index is 12.4. The molecule has 2 nitrogen and oxygen atoms in total. The molecule has 19 heavy (non-hydrogen) atoms. The molecule has 1 saturated carbocycles. The zero-order valence-electron chi connectivity index (χ0n) is 11.1. The zero-order chi connectivity index (χ0) is 13.3. The summed E-state index contributed by atoms with van der Waals surface area (Å²) >= 11 is 0. The van der Waals surface area contributed by atoms with E-state index < -0.39 is 0 Å². The van der Waals surface area contributed by atoms with E-state index in [1.54, 1.807) is 0 Å². The Bertz CT molecular complexity index is 611.